The quantitative estimate of drug-likeness (QED) is 0.748. The fraction of sp³-hybridized carbons (Fsp3) is 0.300. The van der Waals surface area contributed by atoms with E-state index in [4.69, 9.17) is 17.3 Å². The Morgan fingerprint density at radius 3 is 2.54 bits per heavy atom. The maximum Gasteiger partial charge on any atom is 0.121 e. The molecule has 1 atom stereocenters. The first kappa shape index (κ1) is 10.2. The molecule has 0 aromatic heterocycles. The number of nitrogens with two attached hydrogens (primary N) is 1. The van der Waals surface area contributed by atoms with E-state index in [1.165, 1.54) is 0 Å². The minimum atomic E-state index is -0.0846. The molecule has 0 bridgehead atoms. The third-order valence-corrected chi connectivity index (χ3v) is 2.06. The molecule has 0 aliphatic carbocycles. The minimum absolute atomic E-state index is 0.0846. The van der Waals surface area contributed by atoms with Crippen LogP contribution in [0.15, 0.2) is 24.3 Å². The summed E-state index contributed by atoms with van der Waals surface area (Å²) in [5.74, 6) is 0. The van der Waals surface area contributed by atoms with Gasteiger partial charge in [0.15, 0.2) is 0 Å². The van der Waals surface area contributed by atoms with Crippen LogP contribution >= 0.6 is 11.6 Å². The highest BCUT2D eigenvalue weighted by atomic mass is 35.5. The Bertz CT molecular complexity index is 271. The zero-order chi connectivity index (χ0) is 9.68. The SMILES string of the molecule is NC(CC=O)Cc1ccc(Cl)cc1. The Balaban J connectivity index is 2.53. The predicted octanol–water partition coefficient (Wildman–Crippen LogP) is 1.80. The normalized spacial score (nSPS) is 12.5. The maximum absolute atomic E-state index is 10.2. The second kappa shape index (κ2) is 5.00. The number of hydrogen-bond donors (Lipinski definition) is 1. The lowest BCUT2D eigenvalue weighted by atomic mass is 10.1. The lowest BCUT2D eigenvalue weighted by molar-refractivity contribution is -0.108. The molecule has 0 saturated heterocycles. The van der Waals surface area contributed by atoms with Crippen molar-refractivity contribution in [1.82, 2.24) is 0 Å². The Kier molecular flexibility index (Phi) is 3.93. The number of carbonyl (C=O) groups is 1. The van der Waals surface area contributed by atoms with E-state index >= 15 is 0 Å². The second-order valence-corrected chi connectivity index (χ2v) is 3.43. The van der Waals surface area contributed by atoms with Crippen LogP contribution in [0.25, 0.3) is 0 Å². The number of carbonyl (C=O) groups excluding carboxylic acids is 1. The number of aldehydes is 1. The zero-order valence-electron chi connectivity index (χ0n) is 7.24. The predicted molar refractivity (Wildman–Crippen MR) is 53.8 cm³/mol. The van der Waals surface area contributed by atoms with Gasteiger partial charge < -0.3 is 10.5 Å². The van der Waals surface area contributed by atoms with Gasteiger partial charge >= 0.3 is 0 Å². The molecule has 0 saturated carbocycles. The molecule has 70 valence electrons. The minimum Gasteiger partial charge on any atom is -0.327 e. The van der Waals surface area contributed by atoms with E-state index in [-0.39, 0.29) is 6.04 Å². The summed E-state index contributed by atoms with van der Waals surface area (Å²) in [4.78, 5) is 10.2. The molecule has 13 heavy (non-hydrogen) atoms. The van der Waals surface area contributed by atoms with Gasteiger partial charge in [-0.2, -0.15) is 0 Å². The molecule has 0 heterocycles. The van der Waals surface area contributed by atoms with E-state index in [1.54, 1.807) is 0 Å². The summed E-state index contributed by atoms with van der Waals surface area (Å²) in [7, 11) is 0. The number of benzene rings is 1. The van der Waals surface area contributed by atoms with Gasteiger partial charge in [-0.25, -0.2) is 0 Å². The molecule has 0 radical (unpaired) electrons. The van der Waals surface area contributed by atoms with Crippen LogP contribution in [0.3, 0.4) is 0 Å². The van der Waals surface area contributed by atoms with Gasteiger partial charge in [-0.3, -0.25) is 0 Å². The summed E-state index contributed by atoms with van der Waals surface area (Å²) < 4.78 is 0. The molecular formula is C10H12ClNO. The number of hydrogen-bond acceptors (Lipinski definition) is 2. The second-order valence-electron chi connectivity index (χ2n) is 2.99. The monoisotopic (exact) mass is 197 g/mol. The summed E-state index contributed by atoms with van der Waals surface area (Å²) in [5.41, 5.74) is 6.80. The molecule has 2 N–H and O–H groups in total. The summed E-state index contributed by atoms with van der Waals surface area (Å²) in [6.07, 6.45) is 1.97. The lowest BCUT2D eigenvalue weighted by Crippen LogP contribution is -2.22. The molecule has 0 spiro atoms. The van der Waals surface area contributed by atoms with Crippen LogP contribution in [0.5, 0.6) is 0 Å². The van der Waals surface area contributed by atoms with Crippen molar-refractivity contribution in [3.05, 3.63) is 34.9 Å². The third-order valence-electron chi connectivity index (χ3n) is 1.81. The van der Waals surface area contributed by atoms with Gasteiger partial charge in [-0.1, -0.05) is 23.7 Å². The topological polar surface area (TPSA) is 43.1 Å². The van der Waals surface area contributed by atoms with Crippen molar-refractivity contribution in [2.45, 2.75) is 18.9 Å². The molecular weight excluding hydrogens is 186 g/mol. The van der Waals surface area contributed by atoms with Crippen molar-refractivity contribution >= 4 is 17.9 Å². The molecule has 0 amide bonds. The molecule has 2 nitrogen and oxygen atoms in total. The standard InChI is InChI=1S/C10H12ClNO/c11-9-3-1-8(2-4-9)7-10(12)5-6-13/h1-4,6,10H,5,7,12H2. The smallest absolute Gasteiger partial charge is 0.121 e. The molecule has 1 aromatic carbocycles. The summed E-state index contributed by atoms with van der Waals surface area (Å²) in [5, 5.41) is 0.715. The highest BCUT2D eigenvalue weighted by Crippen LogP contribution is 2.10. The molecule has 1 aromatic rings. The fourth-order valence-corrected chi connectivity index (χ4v) is 1.26. The number of rotatable bonds is 4. The van der Waals surface area contributed by atoms with E-state index in [0.717, 1.165) is 18.3 Å². The van der Waals surface area contributed by atoms with E-state index in [1.807, 2.05) is 24.3 Å². The first-order valence-electron chi connectivity index (χ1n) is 4.16. The van der Waals surface area contributed by atoms with Crippen molar-refractivity contribution in [2.75, 3.05) is 0 Å². The van der Waals surface area contributed by atoms with Crippen LogP contribution in [-0.4, -0.2) is 12.3 Å². The van der Waals surface area contributed by atoms with Gasteiger partial charge in [-0.05, 0) is 24.1 Å². The fourth-order valence-electron chi connectivity index (χ4n) is 1.13. The summed E-state index contributed by atoms with van der Waals surface area (Å²) in [6, 6.07) is 7.41. The van der Waals surface area contributed by atoms with Crippen molar-refractivity contribution < 1.29 is 4.79 Å². The van der Waals surface area contributed by atoms with Crippen LogP contribution in [0.4, 0.5) is 0 Å². The third kappa shape index (κ3) is 3.57. The lowest BCUT2D eigenvalue weighted by Gasteiger charge is -2.07. The van der Waals surface area contributed by atoms with Crippen LogP contribution in [-0.2, 0) is 11.2 Å². The Morgan fingerprint density at radius 1 is 1.38 bits per heavy atom. The Morgan fingerprint density at radius 2 is 2.00 bits per heavy atom. The van der Waals surface area contributed by atoms with Gasteiger partial charge in [0.25, 0.3) is 0 Å². The van der Waals surface area contributed by atoms with Crippen molar-refractivity contribution in [3.8, 4) is 0 Å². The van der Waals surface area contributed by atoms with Gasteiger partial charge in [0.05, 0.1) is 0 Å². The average molecular weight is 198 g/mol. The Hall–Kier alpha value is -0.860. The van der Waals surface area contributed by atoms with Crippen LogP contribution < -0.4 is 5.73 Å². The van der Waals surface area contributed by atoms with Gasteiger partial charge in [0.1, 0.15) is 6.29 Å². The molecule has 0 aliphatic heterocycles. The van der Waals surface area contributed by atoms with Crippen molar-refractivity contribution in [1.29, 1.82) is 0 Å². The molecule has 0 fully saturated rings. The largest absolute Gasteiger partial charge is 0.327 e. The zero-order valence-corrected chi connectivity index (χ0v) is 8.00. The van der Waals surface area contributed by atoms with Gasteiger partial charge in [0, 0.05) is 17.5 Å². The van der Waals surface area contributed by atoms with E-state index in [9.17, 15) is 4.79 Å². The summed E-state index contributed by atoms with van der Waals surface area (Å²) >= 11 is 5.72. The highest BCUT2D eigenvalue weighted by Gasteiger charge is 2.02. The van der Waals surface area contributed by atoms with Gasteiger partial charge in [-0.15, -0.1) is 0 Å². The van der Waals surface area contributed by atoms with E-state index < -0.39 is 0 Å². The Labute approximate surface area is 82.7 Å². The molecule has 3 heteroatoms. The summed E-state index contributed by atoms with van der Waals surface area (Å²) in [6.45, 7) is 0. The van der Waals surface area contributed by atoms with E-state index in [0.29, 0.717) is 11.4 Å². The van der Waals surface area contributed by atoms with Crippen molar-refractivity contribution in [2.24, 2.45) is 5.73 Å². The first-order valence-corrected chi connectivity index (χ1v) is 4.54. The molecule has 1 unspecified atom stereocenters. The van der Waals surface area contributed by atoms with E-state index in [2.05, 4.69) is 0 Å². The maximum atomic E-state index is 10.2. The van der Waals surface area contributed by atoms with Crippen molar-refractivity contribution in [3.63, 3.8) is 0 Å². The molecule has 1 rings (SSSR count). The van der Waals surface area contributed by atoms with Crippen LogP contribution in [0.1, 0.15) is 12.0 Å². The van der Waals surface area contributed by atoms with Crippen LogP contribution in [0, 0.1) is 0 Å². The number of halogens is 1. The average Bonchev–Trinajstić information content (AvgIpc) is 2.09. The highest BCUT2D eigenvalue weighted by molar-refractivity contribution is 6.30. The first-order chi connectivity index (χ1) is 6.22. The molecule has 0 aliphatic rings. The van der Waals surface area contributed by atoms with Gasteiger partial charge in [0.2, 0.25) is 0 Å². The van der Waals surface area contributed by atoms with Crippen LogP contribution in [0.2, 0.25) is 5.02 Å².